The lowest BCUT2D eigenvalue weighted by atomic mass is 10.2. The molecule has 0 spiro atoms. The lowest BCUT2D eigenvalue weighted by molar-refractivity contribution is -0.115. The van der Waals surface area contributed by atoms with Crippen molar-refractivity contribution >= 4 is 34.5 Å². The zero-order valence-corrected chi connectivity index (χ0v) is 18.7. The number of carbonyl (C=O) groups is 1. The van der Waals surface area contributed by atoms with Crippen molar-refractivity contribution in [1.29, 1.82) is 0 Å². The monoisotopic (exact) mass is 473 g/mol. The second-order valence-corrected chi connectivity index (χ2v) is 8.89. The molecule has 0 saturated heterocycles. The first kappa shape index (κ1) is 20.8. The predicted octanol–water partition coefficient (Wildman–Crippen LogP) is 3.57. The summed E-state index contributed by atoms with van der Waals surface area (Å²) < 4.78 is 3.73. The van der Waals surface area contributed by atoms with Crippen LogP contribution in [0.1, 0.15) is 47.5 Å². The zero-order valence-electron chi connectivity index (χ0n) is 18.0. The van der Waals surface area contributed by atoms with E-state index < -0.39 is 6.10 Å². The molecule has 34 heavy (non-hydrogen) atoms. The van der Waals surface area contributed by atoms with Crippen molar-refractivity contribution in [1.82, 2.24) is 28.7 Å². The molecule has 0 aromatic carbocycles. The van der Waals surface area contributed by atoms with Crippen LogP contribution in [-0.4, -0.2) is 39.8 Å². The average Bonchev–Trinajstić information content (AvgIpc) is 3.49. The van der Waals surface area contributed by atoms with E-state index in [2.05, 4.69) is 37.5 Å². The number of anilines is 1. The van der Waals surface area contributed by atoms with Gasteiger partial charge in [-0.1, -0.05) is 17.7 Å². The highest BCUT2D eigenvalue weighted by Crippen LogP contribution is 2.40. The van der Waals surface area contributed by atoms with Gasteiger partial charge in [0.25, 0.3) is 0 Å². The number of hydrogen-bond acceptors (Lipinski definition) is 6. The Bertz CT molecular complexity index is 1540. The maximum Gasteiger partial charge on any atom is 0.231 e. The number of halogens is 1. The smallest absolute Gasteiger partial charge is 0.231 e. The fourth-order valence-electron chi connectivity index (χ4n) is 4.05. The number of amides is 1. The predicted molar refractivity (Wildman–Crippen MR) is 126 cm³/mol. The van der Waals surface area contributed by atoms with Crippen LogP contribution in [-0.2, 0) is 11.2 Å². The molecule has 9 nitrogen and oxygen atoms in total. The van der Waals surface area contributed by atoms with E-state index in [0.29, 0.717) is 28.0 Å². The Kier molecular flexibility index (Phi) is 5.00. The first-order valence-corrected chi connectivity index (χ1v) is 11.3. The van der Waals surface area contributed by atoms with Crippen LogP contribution in [0.25, 0.3) is 11.2 Å². The van der Waals surface area contributed by atoms with Crippen LogP contribution >= 0.6 is 11.6 Å². The molecule has 1 atom stereocenters. The normalized spacial score (nSPS) is 14.5. The minimum absolute atomic E-state index is 0.0501. The van der Waals surface area contributed by atoms with Gasteiger partial charge < -0.3 is 19.2 Å². The van der Waals surface area contributed by atoms with Crippen molar-refractivity contribution in [2.45, 2.75) is 31.3 Å². The van der Waals surface area contributed by atoms with E-state index >= 15 is 0 Å². The van der Waals surface area contributed by atoms with Crippen LogP contribution in [0.4, 0.5) is 5.82 Å². The summed E-state index contributed by atoms with van der Waals surface area (Å²) in [5.74, 6) is 0.626. The number of hydrogen-bond donors (Lipinski definition) is 2. The Hall–Kier alpha value is -3.82. The lowest BCUT2D eigenvalue weighted by Crippen LogP contribution is -2.16. The van der Waals surface area contributed by atoms with E-state index in [0.717, 1.165) is 11.2 Å². The summed E-state index contributed by atoms with van der Waals surface area (Å²) in [5, 5.41) is 14.2. The van der Waals surface area contributed by atoms with Gasteiger partial charge >= 0.3 is 0 Å². The molecule has 1 saturated carbocycles. The Morgan fingerprint density at radius 1 is 1.12 bits per heavy atom. The molecule has 1 aliphatic carbocycles. The van der Waals surface area contributed by atoms with Crippen molar-refractivity contribution < 1.29 is 9.90 Å². The van der Waals surface area contributed by atoms with Crippen LogP contribution in [0.15, 0.2) is 61.6 Å². The zero-order chi connectivity index (χ0) is 23.2. The molecule has 0 aliphatic heterocycles. The third kappa shape index (κ3) is 4.00. The highest BCUT2D eigenvalue weighted by Gasteiger charge is 2.24. The van der Waals surface area contributed by atoms with Gasteiger partial charge in [-0.15, -0.1) is 0 Å². The van der Waals surface area contributed by atoms with Crippen LogP contribution < -0.4 is 5.32 Å². The van der Waals surface area contributed by atoms with Crippen molar-refractivity contribution in [3.8, 4) is 0 Å². The van der Waals surface area contributed by atoms with Crippen LogP contribution in [0, 0.1) is 0 Å². The summed E-state index contributed by atoms with van der Waals surface area (Å²) >= 11 is 6.07. The number of nitrogens with zero attached hydrogens (tertiary/aromatic N) is 6. The number of aliphatic hydroxyl groups is 1. The SMILES string of the molecule is O=C(Cc1ncn2ccc(Cl)cc12)Nc1cc(C(O)c2cn3cc(C4CC4)ccc3n2)ncn1. The number of imidazole rings is 2. The Morgan fingerprint density at radius 3 is 2.85 bits per heavy atom. The Labute approximate surface area is 199 Å². The summed E-state index contributed by atoms with van der Waals surface area (Å²) in [6, 6.07) is 9.11. The van der Waals surface area contributed by atoms with Crippen molar-refractivity contribution in [3.63, 3.8) is 0 Å². The van der Waals surface area contributed by atoms with Gasteiger partial charge in [0.2, 0.25) is 5.91 Å². The summed E-state index contributed by atoms with van der Waals surface area (Å²) in [6.07, 6.45) is 10.0. The van der Waals surface area contributed by atoms with Crippen LogP contribution in [0.2, 0.25) is 5.02 Å². The Balaban J connectivity index is 1.19. The first-order chi connectivity index (χ1) is 16.5. The summed E-state index contributed by atoms with van der Waals surface area (Å²) in [5.41, 5.74) is 4.22. The highest BCUT2D eigenvalue weighted by molar-refractivity contribution is 6.30. The molecule has 1 amide bonds. The van der Waals surface area contributed by atoms with Crippen LogP contribution in [0.3, 0.4) is 0 Å². The summed E-state index contributed by atoms with van der Waals surface area (Å²) in [7, 11) is 0. The maximum atomic E-state index is 12.6. The third-order valence-corrected chi connectivity index (χ3v) is 6.20. The topological polar surface area (TPSA) is 110 Å². The highest BCUT2D eigenvalue weighted by atomic mass is 35.5. The second kappa shape index (κ2) is 8.19. The van der Waals surface area contributed by atoms with Gasteiger partial charge in [-0.3, -0.25) is 4.79 Å². The van der Waals surface area contributed by atoms with Gasteiger partial charge in [-0.2, -0.15) is 0 Å². The molecule has 5 aromatic heterocycles. The van der Waals surface area contributed by atoms with Gasteiger partial charge in [-0.25, -0.2) is 19.9 Å². The molecule has 6 rings (SSSR count). The fraction of sp³-hybridized carbons (Fsp3) is 0.208. The molecule has 0 radical (unpaired) electrons. The molecule has 10 heteroatoms. The summed E-state index contributed by atoms with van der Waals surface area (Å²) in [4.78, 5) is 29.8. The van der Waals surface area contributed by atoms with Gasteiger partial charge in [0.05, 0.1) is 35.3 Å². The fourth-order valence-corrected chi connectivity index (χ4v) is 4.21. The second-order valence-electron chi connectivity index (χ2n) is 8.45. The number of pyridine rings is 2. The van der Waals surface area contributed by atoms with Crippen molar-refractivity contribution in [2.24, 2.45) is 0 Å². The third-order valence-electron chi connectivity index (χ3n) is 5.97. The molecule has 5 aromatic rings. The number of aliphatic hydroxyl groups excluding tert-OH is 1. The van der Waals surface area contributed by atoms with E-state index in [4.69, 9.17) is 11.6 Å². The van der Waals surface area contributed by atoms with E-state index in [-0.39, 0.29) is 18.1 Å². The minimum atomic E-state index is -1.05. The van der Waals surface area contributed by atoms with E-state index in [1.807, 2.05) is 10.5 Å². The minimum Gasteiger partial charge on any atom is -0.380 e. The first-order valence-electron chi connectivity index (χ1n) is 10.9. The van der Waals surface area contributed by atoms with Gasteiger partial charge in [0, 0.05) is 29.7 Å². The molecule has 5 heterocycles. The van der Waals surface area contributed by atoms with E-state index in [9.17, 15) is 9.90 Å². The van der Waals surface area contributed by atoms with Crippen molar-refractivity contribution in [3.05, 3.63) is 89.2 Å². The molecular weight excluding hydrogens is 454 g/mol. The quantitative estimate of drug-likeness (QED) is 0.390. The van der Waals surface area contributed by atoms with Crippen LogP contribution in [0.5, 0.6) is 0 Å². The molecule has 1 fully saturated rings. The van der Waals surface area contributed by atoms with Gasteiger partial charge in [0.15, 0.2) is 0 Å². The number of nitrogens with one attached hydrogen (secondary N) is 1. The van der Waals surface area contributed by atoms with E-state index in [1.165, 1.54) is 24.7 Å². The van der Waals surface area contributed by atoms with E-state index in [1.54, 1.807) is 41.3 Å². The standard InChI is InChI=1S/C24H20ClN7O2/c25-16-5-6-31-13-28-17(20(31)7-16)9-23(33)30-21-8-18(26-12-27-21)24(34)19-11-32-10-15(14-1-2-14)3-4-22(32)29-19/h3-8,10-14,24,34H,1-2,9H2,(H,26,27,30,33). The number of aromatic nitrogens is 6. The molecule has 1 aliphatic rings. The van der Waals surface area contributed by atoms with Gasteiger partial charge in [-0.05, 0) is 42.5 Å². The Morgan fingerprint density at radius 2 is 2.00 bits per heavy atom. The van der Waals surface area contributed by atoms with Gasteiger partial charge in [0.1, 0.15) is 23.9 Å². The molecule has 0 bridgehead atoms. The molecule has 170 valence electrons. The number of rotatable bonds is 6. The maximum absolute atomic E-state index is 12.6. The van der Waals surface area contributed by atoms with Crippen molar-refractivity contribution in [2.75, 3.05) is 5.32 Å². The molecule has 1 unspecified atom stereocenters. The number of carbonyl (C=O) groups excluding carboxylic acids is 1. The molecular formula is C24H20ClN7O2. The average molecular weight is 474 g/mol. The largest absolute Gasteiger partial charge is 0.380 e. The molecule has 2 N–H and O–H groups in total. The lowest BCUT2D eigenvalue weighted by Gasteiger charge is -2.09. The summed E-state index contributed by atoms with van der Waals surface area (Å²) in [6.45, 7) is 0. The number of fused-ring (bicyclic) bond motifs is 2.